The number of carbonyl (C=O) groups excluding carboxylic acids is 1. The zero-order valence-corrected chi connectivity index (χ0v) is 22.7. The number of amides is 1. The molecule has 0 radical (unpaired) electrons. The molecule has 0 aromatic carbocycles. The molecule has 37 heavy (non-hydrogen) atoms. The highest BCUT2D eigenvalue weighted by molar-refractivity contribution is 6.21. The highest BCUT2D eigenvalue weighted by Gasteiger charge is 2.44. The van der Waals surface area contributed by atoms with E-state index in [9.17, 15) is 15.0 Å². The molecule has 1 fully saturated rings. The summed E-state index contributed by atoms with van der Waals surface area (Å²) < 4.78 is 5.86. The van der Waals surface area contributed by atoms with Crippen LogP contribution in [0.1, 0.15) is 97.8 Å². The second-order valence-electron chi connectivity index (χ2n) is 10.8. The number of aliphatic imine (C=N–C) groups is 4. The number of carbonyl (C=O) groups is 1. The van der Waals surface area contributed by atoms with Gasteiger partial charge in [-0.1, -0.05) is 78.1 Å². The van der Waals surface area contributed by atoms with E-state index in [1.165, 1.54) is 64.0 Å². The van der Waals surface area contributed by atoms with Gasteiger partial charge in [0.15, 0.2) is 18.1 Å². The van der Waals surface area contributed by atoms with Crippen molar-refractivity contribution >= 4 is 30.3 Å². The van der Waals surface area contributed by atoms with Crippen molar-refractivity contribution in [3.05, 3.63) is 0 Å². The van der Waals surface area contributed by atoms with Crippen molar-refractivity contribution in [3.8, 4) is 0 Å². The van der Waals surface area contributed by atoms with E-state index < -0.39 is 36.6 Å². The van der Waals surface area contributed by atoms with Crippen LogP contribution in [0.4, 0.5) is 0 Å². The fourth-order valence-electron chi connectivity index (χ4n) is 4.94. The fraction of sp³-hybridized carbons (Fsp3) is 0.815. The number of nitrogens with one attached hydrogen (secondary N) is 2. The summed E-state index contributed by atoms with van der Waals surface area (Å²) in [5.41, 5.74) is 0. The van der Waals surface area contributed by atoms with Crippen LogP contribution < -0.4 is 10.6 Å². The molecule has 4 N–H and O–H groups in total. The van der Waals surface area contributed by atoms with Gasteiger partial charge in [-0.05, 0) is 19.3 Å². The fourth-order valence-corrected chi connectivity index (χ4v) is 4.94. The van der Waals surface area contributed by atoms with Gasteiger partial charge in [0.25, 0.3) is 0 Å². The zero-order chi connectivity index (χ0) is 26.6. The first-order valence-electron chi connectivity index (χ1n) is 14.1. The number of fused-ring (bicyclic) bond motifs is 1. The first kappa shape index (κ1) is 29.4. The maximum absolute atomic E-state index is 12.5. The van der Waals surface area contributed by atoms with Crippen LogP contribution in [0.15, 0.2) is 20.0 Å². The molecule has 0 aliphatic carbocycles. The first-order valence-corrected chi connectivity index (χ1v) is 14.1. The molecule has 3 rings (SSSR count). The van der Waals surface area contributed by atoms with Crippen molar-refractivity contribution < 1.29 is 19.7 Å². The third-order valence-electron chi connectivity index (χ3n) is 7.22. The standard InChI is InChI=1S/C27H46N6O4/c1-18(2)14-12-10-8-6-4-5-7-9-11-13-15-20(34)32-21-19(3)37-27(24(36)23(21)35)33-26-22-25(29-16-28-22)30-17-31-26/h16-19,21-24,27,35-36H,4-15H2,1-3H3,(H,32,34)(H,28,29,30,31,33). The third kappa shape index (κ3) is 9.26. The van der Waals surface area contributed by atoms with E-state index >= 15 is 0 Å². The van der Waals surface area contributed by atoms with Gasteiger partial charge in [-0.3, -0.25) is 9.79 Å². The van der Waals surface area contributed by atoms with E-state index in [0.29, 0.717) is 18.1 Å². The Kier molecular flexibility index (Phi) is 12.1. The van der Waals surface area contributed by atoms with E-state index in [0.717, 1.165) is 25.2 Å². The first-order chi connectivity index (χ1) is 17.9. The molecule has 0 spiro atoms. The summed E-state index contributed by atoms with van der Waals surface area (Å²) in [6, 6.07) is -1.18. The Hall–Kier alpha value is -2.17. The maximum Gasteiger partial charge on any atom is 0.220 e. The van der Waals surface area contributed by atoms with Crippen LogP contribution in [-0.4, -0.2) is 77.1 Å². The van der Waals surface area contributed by atoms with Gasteiger partial charge in [0.2, 0.25) is 5.91 Å². The van der Waals surface area contributed by atoms with Crippen LogP contribution in [0.25, 0.3) is 0 Å². The maximum atomic E-state index is 12.5. The molecule has 10 nitrogen and oxygen atoms in total. The zero-order valence-electron chi connectivity index (χ0n) is 22.7. The number of unbranched alkanes of at least 4 members (excludes halogenated alkanes) is 9. The summed E-state index contributed by atoms with van der Waals surface area (Å²) >= 11 is 0. The number of hydrogen-bond donors (Lipinski definition) is 4. The smallest absolute Gasteiger partial charge is 0.220 e. The average Bonchev–Trinajstić information content (AvgIpc) is 3.35. The van der Waals surface area contributed by atoms with E-state index in [1.54, 1.807) is 6.92 Å². The molecule has 0 aromatic heterocycles. The van der Waals surface area contributed by atoms with Crippen molar-refractivity contribution in [2.75, 3.05) is 0 Å². The molecule has 3 aliphatic rings. The molecule has 0 aromatic rings. The van der Waals surface area contributed by atoms with Crippen molar-refractivity contribution in [2.45, 2.75) is 134 Å². The van der Waals surface area contributed by atoms with Gasteiger partial charge >= 0.3 is 0 Å². The number of hydrogen-bond acceptors (Lipinski definition) is 8. The molecule has 10 heteroatoms. The van der Waals surface area contributed by atoms with E-state index in [-0.39, 0.29) is 5.91 Å². The number of nitrogens with zero attached hydrogens (tertiary/aromatic N) is 4. The van der Waals surface area contributed by atoms with Crippen LogP contribution >= 0.6 is 0 Å². The lowest BCUT2D eigenvalue weighted by atomic mass is 9.96. The Morgan fingerprint density at radius 3 is 2.38 bits per heavy atom. The SMILES string of the molecule is CC(C)CCCCCCCCCCCCC(=O)NC1C(C)OC(/N=C2\N=CNC3=NC=NC32)C(O)C1O. The summed E-state index contributed by atoms with van der Waals surface area (Å²) in [4.78, 5) is 29.4. The lowest BCUT2D eigenvalue weighted by molar-refractivity contribution is -0.178. The summed E-state index contributed by atoms with van der Waals surface area (Å²) in [5, 5.41) is 27.1. The topological polar surface area (TPSA) is 140 Å². The van der Waals surface area contributed by atoms with Gasteiger partial charge in [0, 0.05) is 6.42 Å². The average molecular weight is 519 g/mol. The van der Waals surface area contributed by atoms with Crippen molar-refractivity contribution in [3.63, 3.8) is 0 Å². The van der Waals surface area contributed by atoms with Gasteiger partial charge in [-0.25, -0.2) is 15.0 Å². The molecule has 1 amide bonds. The Labute approximate surface area is 221 Å². The normalized spacial score (nSPS) is 29.9. The van der Waals surface area contributed by atoms with Crippen LogP contribution in [0.3, 0.4) is 0 Å². The Morgan fingerprint density at radius 1 is 1.05 bits per heavy atom. The lowest BCUT2D eigenvalue weighted by Gasteiger charge is -2.40. The molecular formula is C27H46N6O4. The highest BCUT2D eigenvalue weighted by atomic mass is 16.5. The van der Waals surface area contributed by atoms with Crippen LogP contribution in [-0.2, 0) is 9.53 Å². The Balaban J connectivity index is 1.29. The van der Waals surface area contributed by atoms with Crippen molar-refractivity contribution in [2.24, 2.45) is 25.9 Å². The van der Waals surface area contributed by atoms with Crippen molar-refractivity contribution in [1.82, 2.24) is 10.6 Å². The van der Waals surface area contributed by atoms with Crippen LogP contribution in [0, 0.1) is 5.92 Å². The molecule has 6 atom stereocenters. The molecule has 208 valence electrons. The van der Waals surface area contributed by atoms with Crippen LogP contribution in [0.2, 0.25) is 0 Å². The third-order valence-corrected chi connectivity index (χ3v) is 7.22. The van der Waals surface area contributed by atoms with E-state index in [1.807, 2.05) is 0 Å². The van der Waals surface area contributed by atoms with Gasteiger partial charge < -0.3 is 25.6 Å². The minimum atomic E-state index is -1.31. The molecular weight excluding hydrogens is 472 g/mol. The number of ether oxygens (including phenoxy) is 1. The summed E-state index contributed by atoms with van der Waals surface area (Å²) in [6.45, 7) is 6.33. The second kappa shape index (κ2) is 15.3. The molecule has 6 unspecified atom stereocenters. The van der Waals surface area contributed by atoms with Gasteiger partial charge in [-0.2, -0.15) is 0 Å². The number of amidine groups is 2. The van der Waals surface area contributed by atoms with Gasteiger partial charge in [-0.15, -0.1) is 0 Å². The largest absolute Gasteiger partial charge is 0.388 e. The Morgan fingerprint density at radius 2 is 1.70 bits per heavy atom. The molecule has 0 saturated carbocycles. The number of rotatable bonds is 15. The van der Waals surface area contributed by atoms with E-state index in [2.05, 4.69) is 44.5 Å². The quantitative estimate of drug-likeness (QED) is 0.247. The van der Waals surface area contributed by atoms with Crippen LogP contribution in [0.5, 0.6) is 0 Å². The summed E-state index contributed by atoms with van der Waals surface area (Å²) in [6.07, 6.45) is 12.7. The monoisotopic (exact) mass is 518 g/mol. The molecule has 0 bridgehead atoms. The second-order valence-corrected chi connectivity index (χ2v) is 10.8. The molecule has 3 aliphatic heterocycles. The van der Waals surface area contributed by atoms with Gasteiger partial charge in [0.1, 0.15) is 24.4 Å². The molecule has 1 saturated heterocycles. The molecule has 3 heterocycles. The van der Waals surface area contributed by atoms with E-state index in [4.69, 9.17) is 4.74 Å². The predicted molar refractivity (Wildman–Crippen MR) is 147 cm³/mol. The lowest BCUT2D eigenvalue weighted by Crippen LogP contribution is -2.62. The Bertz CT molecular complexity index is 843. The highest BCUT2D eigenvalue weighted by Crippen LogP contribution is 2.23. The predicted octanol–water partition coefficient (Wildman–Crippen LogP) is 3.11. The number of aliphatic hydroxyl groups is 2. The van der Waals surface area contributed by atoms with Crippen molar-refractivity contribution in [1.29, 1.82) is 0 Å². The summed E-state index contributed by atoms with van der Waals surface area (Å²) in [7, 11) is 0. The van der Waals surface area contributed by atoms with Gasteiger partial charge in [0.05, 0.1) is 18.5 Å². The minimum Gasteiger partial charge on any atom is -0.388 e. The summed E-state index contributed by atoms with van der Waals surface area (Å²) in [5.74, 6) is 1.63. The number of aliphatic hydroxyl groups excluding tert-OH is 2. The minimum absolute atomic E-state index is 0.137.